The fourth-order valence-corrected chi connectivity index (χ4v) is 10.6. The van der Waals surface area contributed by atoms with Crippen molar-refractivity contribution in [2.75, 3.05) is 0 Å². The first-order chi connectivity index (χ1) is 32.2. The zero-order valence-electron chi connectivity index (χ0n) is 41.3. The molecule has 0 aliphatic rings. The molecule has 1 N–H and O–H groups in total. The highest BCUT2D eigenvalue weighted by atomic mass is 28.3. The van der Waals surface area contributed by atoms with E-state index in [-0.39, 0.29) is 16.6 Å². The van der Waals surface area contributed by atoms with Gasteiger partial charge in [0.2, 0.25) is 0 Å². The van der Waals surface area contributed by atoms with Crippen molar-refractivity contribution in [2.24, 2.45) is 0 Å². The van der Waals surface area contributed by atoms with Crippen molar-refractivity contribution in [1.82, 2.24) is 29.1 Å². The number of benzene rings is 6. The lowest BCUT2D eigenvalue weighted by Gasteiger charge is -2.24. The molecule has 8 nitrogen and oxygen atoms in total. The highest BCUT2D eigenvalue weighted by molar-refractivity contribution is 6.88. The summed E-state index contributed by atoms with van der Waals surface area (Å²) in [5.74, 6) is 1.88. The molecule has 10 rings (SSSR count). The Labute approximate surface area is 400 Å². The van der Waals surface area contributed by atoms with Gasteiger partial charge in [-0.3, -0.25) is 9.55 Å². The minimum absolute atomic E-state index is 0.117. The number of rotatable bonds is 7. The van der Waals surface area contributed by atoms with Crippen LogP contribution in [0.4, 0.5) is 0 Å². The molecule has 9 heteroatoms. The second-order valence-corrected chi connectivity index (χ2v) is 27.5. The molecule has 68 heavy (non-hydrogen) atoms. The summed E-state index contributed by atoms with van der Waals surface area (Å²) >= 11 is 0. The Morgan fingerprint density at radius 2 is 1.25 bits per heavy atom. The van der Waals surface area contributed by atoms with Gasteiger partial charge in [0.15, 0.2) is 5.58 Å². The van der Waals surface area contributed by atoms with E-state index >= 15 is 0 Å². The maximum Gasteiger partial charge on any atom is 0.327 e. The second-order valence-electron chi connectivity index (χ2n) is 22.4. The molecule has 0 bridgehead atoms. The smallest absolute Gasteiger partial charge is 0.327 e. The van der Waals surface area contributed by atoms with Crippen LogP contribution in [0.1, 0.15) is 79.3 Å². The van der Waals surface area contributed by atoms with Crippen LogP contribution < -0.4 is 5.19 Å². The van der Waals surface area contributed by atoms with Gasteiger partial charge < -0.3 is 9.52 Å². The van der Waals surface area contributed by atoms with Gasteiger partial charge in [-0.1, -0.05) is 183 Å². The van der Waals surface area contributed by atoms with Gasteiger partial charge in [-0.05, 0) is 81.1 Å². The number of hydrogen-bond acceptors (Lipinski definition) is 6. The zero-order valence-corrected chi connectivity index (χ0v) is 42.3. The molecule has 4 aromatic heterocycles. The molecule has 0 aliphatic carbocycles. The molecule has 10 aromatic rings. The number of oxazole rings is 1. The van der Waals surface area contributed by atoms with Gasteiger partial charge in [-0.2, -0.15) is 0 Å². The standard InChI is InChI=1S/C59H60N6O2Si/c1-57(2,3)41-31-39(30-40(32-41)46-33-38(28-29-60-46)36-20-15-13-16-21-36)43-24-19-25-48-51(43)61-54(64(48)47-27-26-42(68(10,11)12)34-44(47)37-22-17-14-18-23-37)45-35-49-53(50(52(45)66)58(4,5)6)67-56-63-62-55(65(49)56)59(7,8)9/h13-35,66H,1-12H3. The maximum atomic E-state index is 12.9. The summed E-state index contributed by atoms with van der Waals surface area (Å²) in [6, 6.07) is 47.6. The molecule has 342 valence electrons. The van der Waals surface area contributed by atoms with Crippen LogP contribution in [0, 0.1) is 0 Å². The number of aromatic nitrogens is 6. The van der Waals surface area contributed by atoms with E-state index in [9.17, 15) is 5.11 Å². The highest BCUT2D eigenvalue weighted by Crippen LogP contribution is 2.48. The summed E-state index contributed by atoms with van der Waals surface area (Å²) in [4.78, 5) is 10.7. The third-order valence-electron chi connectivity index (χ3n) is 13.1. The van der Waals surface area contributed by atoms with Gasteiger partial charge >= 0.3 is 5.84 Å². The lowest BCUT2D eigenvalue weighted by molar-refractivity contribution is 0.446. The molecular weight excluding hydrogens is 853 g/mol. The van der Waals surface area contributed by atoms with Crippen molar-refractivity contribution in [3.63, 3.8) is 0 Å². The second kappa shape index (κ2) is 16.0. The van der Waals surface area contributed by atoms with Crippen LogP contribution in [0.3, 0.4) is 0 Å². The quantitative estimate of drug-likeness (QED) is 0.160. The maximum absolute atomic E-state index is 12.9. The number of phenols is 1. The van der Waals surface area contributed by atoms with Gasteiger partial charge in [0.05, 0.1) is 41.6 Å². The molecule has 0 saturated heterocycles. The van der Waals surface area contributed by atoms with E-state index in [4.69, 9.17) is 14.4 Å². The molecular formula is C59H60N6O2Si. The van der Waals surface area contributed by atoms with Crippen molar-refractivity contribution in [2.45, 2.75) is 98.2 Å². The fraction of sp³-hybridized carbons (Fsp3) is 0.254. The van der Waals surface area contributed by atoms with Crippen molar-refractivity contribution in [3.8, 4) is 67.5 Å². The van der Waals surface area contributed by atoms with Crippen LogP contribution in [0.15, 0.2) is 144 Å². The van der Waals surface area contributed by atoms with Crippen molar-refractivity contribution >= 4 is 41.2 Å². The first-order valence-electron chi connectivity index (χ1n) is 23.6. The average Bonchev–Trinajstić information content (AvgIpc) is 4.00. The molecule has 0 radical (unpaired) electrons. The molecule has 0 amide bonds. The number of fused-ring (bicyclic) bond motifs is 4. The summed E-state index contributed by atoms with van der Waals surface area (Å²) in [5, 5.41) is 23.4. The van der Waals surface area contributed by atoms with E-state index in [1.165, 1.54) is 10.8 Å². The van der Waals surface area contributed by atoms with E-state index < -0.39 is 13.5 Å². The number of pyridine rings is 1. The zero-order chi connectivity index (χ0) is 48.1. The molecule has 0 aliphatic heterocycles. The molecule has 0 atom stereocenters. The van der Waals surface area contributed by atoms with Gasteiger partial charge in [0, 0.05) is 33.9 Å². The van der Waals surface area contributed by atoms with E-state index in [1.807, 2.05) is 22.7 Å². The van der Waals surface area contributed by atoms with Gasteiger partial charge in [0.25, 0.3) is 0 Å². The van der Waals surface area contributed by atoms with Crippen LogP contribution in [-0.4, -0.2) is 42.3 Å². The van der Waals surface area contributed by atoms with E-state index in [1.54, 1.807) is 0 Å². The highest BCUT2D eigenvalue weighted by Gasteiger charge is 2.34. The fourth-order valence-electron chi connectivity index (χ4n) is 9.47. The SMILES string of the molecule is CC(C)(C)c1cc(-c2cc(-c3ccccc3)ccn2)cc(-c2cccc3c2nc(-c2cc4c(oc5nnc(C(C)(C)C)n54)c(C(C)(C)C)c2O)n3-c2ccc([Si](C)(C)C)cc2-c2ccccc2)c1. The van der Waals surface area contributed by atoms with Crippen molar-refractivity contribution in [3.05, 3.63) is 157 Å². The Balaban J connectivity index is 1.31. The molecule has 4 heterocycles. The minimum Gasteiger partial charge on any atom is -0.507 e. The number of hydrogen-bond donors (Lipinski definition) is 1. The minimum atomic E-state index is -1.76. The number of para-hydroxylation sites is 1. The Bertz CT molecular complexity index is 3560. The Morgan fingerprint density at radius 3 is 1.91 bits per heavy atom. The van der Waals surface area contributed by atoms with Gasteiger partial charge in [0.1, 0.15) is 17.4 Å². The van der Waals surface area contributed by atoms with Crippen LogP contribution in [0.2, 0.25) is 19.6 Å². The number of aromatic hydroxyl groups is 1. The van der Waals surface area contributed by atoms with E-state index in [0.717, 1.165) is 72.7 Å². The largest absolute Gasteiger partial charge is 0.507 e. The lowest BCUT2D eigenvalue weighted by Crippen LogP contribution is -2.37. The summed E-state index contributed by atoms with van der Waals surface area (Å²) in [7, 11) is -1.76. The first-order valence-corrected chi connectivity index (χ1v) is 27.1. The number of imidazole rings is 1. The van der Waals surface area contributed by atoms with Crippen molar-refractivity contribution < 1.29 is 9.52 Å². The summed E-state index contributed by atoms with van der Waals surface area (Å²) < 4.78 is 10.8. The topological polar surface area (TPSA) is 94.3 Å². The molecule has 0 saturated carbocycles. The van der Waals surface area contributed by atoms with E-state index in [0.29, 0.717) is 28.4 Å². The van der Waals surface area contributed by atoms with Gasteiger partial charge in [-0.25, -0.2) is 9.38 Å². The Kier molecular flexibility index (Phi) is 10.5. The summed E-state index contributed by atoms with van der Waals surface area (Å²) in [5.41, 5.74) is 13.8. The predicted molar refractivity (Wildman–Crippen MR) is 283 cm³/mol. The Hall–Kier alpha value is -7.10. The lowest BCUT2D eigenvalue weighted by atomic mass is 9.83. The average molecular weight is 913 g/mol. The van der Waals surface area contributed by atoms with Crippen molar-refractivity contribution in [1.29, 1.82) is 0 Å². The molecule has 6 aromatic carbocycles. The Morgan fingerprint density at radius 1 is 0.559 bits per heavy atom. The summed E-state index contributed by atoms with van der Waals surface area (Å²) in [6.45, 7) is 26.6. The van der Waals surface area contributed by atoms with Crippen LogP contribution in [0.5, 0.6) is 5.75 Å². The predicted octanol–water partition coefficient (Wildman–Crippen LogP) is 14.7. The normalized spacial score (nSPS) is 12.8. The third-order valence-corrected chi connectivity index (χ3v) is 15.2. The van der Waals surface area contributed by atoms with Crippen LogP contribution in [0.25, 0.3) is 89.7 Å². The first kappa shape index (κ1) is 44.7. The number of phenolic OH excluding ortho intramolecular Hbond substituents is 1. The van der Waals surface area contributed by atoms with Crippen LogP contribution >= 0.6 is 0 Å². The third kappa shape index (κ3) is 7.82. The monoisotopic (exact) mass is 912 g/mol. The van der Waals surface area contributed by atoms with Crippen LogP contribution in [-0.2, 0) is 16.2 Å². The number of nitrogens with zero attached hydrogens (tertiary/aromatic N) is 6. The van der Waals surface area contributed by atoms with Gasteiger partial charge in [-0.15, -0.1) is 5.10 Å². The molecule has 0 fully saturated rings. The molecule has 0 unspecified atom stereocenters. The molecule has 0 spiro atoms. The van der Waals surface area contributed by atoms with E-state index in [2.05, 4.69) is 218 Å². The summed E-state index contributed by atoms with van der Waals surface area (Å²) in [6.07, 6.45) is 1.90.